The van der Waals surface area contributed by atoms with Crippen molar-refractivity contribution in [2.75, 3.05) is 12.3 Å². The highest BCUT2D eigenvalue weighted by molar-refractivity contribution is 8.00. The van der Waals surface area contributed by atoms with E-state index in [0.717, 1.165) is 0 Å². The second-order valence-corrected chi connectivity index (χ2v) is 3.65. The second-order valence-electron chi connectivity index (χ2n) is 2.49. The first-order chi connectivity index (χ1) is 6.37. The predicted molar refractivity (Wildman–Crippen MR) is 49.4 cm³/mol. The topological polar surface area (TPSA) is 70.6 Å². The SMILES string of the molecule is CC(NCCSC(F)(F)F)C(N)=NO. The Hall–Kier alpha value is -0.630. The van der Waals surface area contributed by atoms with Gasteiger partial charge in [-0.05, 0) is 18.7 Å². The first-order valence-electron chi connectivity index (χ1n) is 3.78. The molecule has 0 aromatic carbocycles. The number of hydrogen-bond donors (Lipinski definition) is 3. The number of nitrogens with one attached hydrogen (secondary N) is 1. The third kappa shape index (κ3) is 6.84. The van der Waals surface area contributed by atoms with Crippen molar-refractivity contribution >= 4 is 17.6 Å². The molecule has 0 aromatic heterocycles. The van der Waals surface area contributed by atoms with Crippen LogP contribution in [-0.2, 0) is 0 Å². The van der Waals surface area contributed by atoms with E-state index in [4.69, 9.17) is 10.9 Å². The summed E-state index contributed by atoms with van der Waals surface area (Å²) < 4.78 is 35.0. The van der Waals surface area contributed by atoms with E-state index in [1.54, 1.807) is 6.92 Å². The lowest BCUT2D eigenvalue weighted by atomic mass is 10.3. The molecule has 0 radical (unpaired) electrons. The fourth-order valence-electron chi connectivity index (χ4n) is 0.633. The molecule has 8 heteroatoms. The van der Waals surface area contributed by atoms with Crippen LogP contribution in [0.1, 0.15) is 6.92 Å². The Labute approximate surface area is 83.7 Å². The molecular formula is C6H12F3N3OS. The van der Waals surface area contributed by atoms with Gasteiger partial charge in [-0.25, -0.2) is 0 Å². The quantitative estimate of drug-likeness (QED) is 0.217. The third-order valence-corrected chi connectivity index (χ3v) is 2.11. The first kappa shape index (κ1) is 13.4. The predicted octanol–water partition coefficient (Wildman–Crippen LogP) is 0.964. The lowest BCUT2D eigenvalue weighted by molar-refractivity contribution is -0.0327. The fraction of sp³-hybridized carbons (Fsp3) is 0.833. The zero-order valence-corrected chi connectivity index (χ0v) is 8.32. The van der Waals surface area contributed by atoms with Gasteiger partial charge in [-0.15, -0.1) is 0 Å². The van der Waals surface area contributed by atoms with Crippen molar-refractivity contribution in [3.8, 4) is 0 Å². The maximum atomic E-state index is 11.7. The highest BCUT2D eigenvalue weighted by atomic mass is 32.2. The van der Waals surface area contributed by atoms with E-state index in [0.29, 0.717) is 0 Å². The van der Waals surface area contributed by atoms with Gasteiger partial charge >= 0.3 is 5.51 Å². The molecule has 1 atom stereocenters. The van der Waals surface area contributed by atoms with Crippen molar-refractivity contribution in [3.63, 3.8) is 0 Å². The number of amidine groups is 1. The summed E-state index contributed by atoms with van der Waals surface area (Å²) in [6.07, 6.45) is 0. The molecule has 0 amide bonds. The lowest BCUT2D eigenvalue weighted by Crippen LogP contribution is -2.40. The zero-order chi connectivity index (χ0) is 11.2. The van der Waals surface area contributed by atoms with Gasteiger partial charge in [-0.2, -0.15) is 13.2 Å². The minimum Gasteiger partial charge on any atom is -0.409 e. The minimum absolute atomic E-state index is 0.0537. The summed E-state index contributed by atoms with van der Waals surface area (Å²) >= 11 is -0.111. The molecule has 0 bridgehead atoms. The molecule has 84 valence electrons. The van der Waals surface area contributed by atoms with Crippen LogP contribution in [0.3, 0.4) is 0 Å². The molecule has 0 saturated heterocycles. The van der Waals surface area contributed by atoms with Crippen LogP contribution in [0, 0.1) is 0 Å². The smallest absolute Gasteiger partial charge is 0.409 e. The van der Waals surface area contributed by atoms with Crippen molar-refractivity contribution in [2.45, 2.75) is 18.5 Å². The Morgan fingerprint density at radius 2 is 2.21 bits per heavy atom. The summed E-state index contributed by atoms with van der Waals surface area (Å²) in [7, 11) is 0. The molecule has 4 nitrogen and oxygen atoms in total. The molecule has 4 N–H and O–H groups in total. The fourth-order valence-corrected chi connectivity index (χ4v) is 1.08. The van der Waals surface area contributed by atoms with Gasteiger partial charge in [0, 0.05) is 12.3 Å². The average molecular weight is 231 g/mol. The molecule has 1 unspecified atom stereocenters. The van der Waals surface area contributed by atoms with Crippen LogP contribution in [0.2, 0.25) is 0 Å². The Bertz CT molecular complexity index is 197. The molecule has 0 spiro atoms. The van der Waals surface area contributed by atoms with Crippen LogP contribution in [0.4, 0.5) is 13.2 Å². The van der Waals surface area contributed by atoms with Crippen LogP contribution >= 0.6 is 11.8 Å². The van der Waals surface area contributed by atoms with Gasteiger partial charge in [0.1, 0.15) is 0 Å². The van der Waals surface area contributed by atoms with Crippen molar-refractivity contribution in [1.82, 2.24) is 5.32 Å². The van der Waals surface area contributed by atoms with Crippen molar-refractivity contribution in [1.29, 1.82) is 0 Å². The molecule has 0 aliphatic rings. The molecular weight excluding hydrogens is 219 g/mol. The van der Waals surface area contributed by atoms with Gasteiger partial charge in [0.05, 0.1) is 6.04 Å². The van der Waals surface area contributed by atoms with Crippen LogP contribution < -0.4 is 11.1 Å². The number of nitrogens with two attached hydrogens (primary N) is 1. The number of rotatable bonds is 5. The monoisotopic (exact) mass is 231 g/mol. The van der Waals surface area contributed by atoms with Crippen molar-refractivity contribution < 1.29 is 18.4 Å². The van der Waals surface area contributed by atoms with E-state index < -0.39 is 11.6 Å². The Morgan fingerprint density at radius 1 is 1.64 bits per heavy atom. The first-order valence-corrected chi connectivity index (χ1v) is 4.77. The zero-order valence-electron chi connectivity index (χ0n) is 7.51. The Morgan fingerprint density at radius 3 is 2.64 bits per heavy atom. The maximum absolute atomic E-state index is 11.7. The molecule has 0 aliphatic heterocycles. The number of nitrogens with zero attached hydrogens (tertiary/aromatic N) is 1. The molecule has 0 saturated carbocycles. The Kier molecular flexibility index (Phi) is 5.70. The lowest BCUT2D eigenvalue weighted by Gasteiger charge is -2.12. The number of hydrogen-bond acceptors (Lipinski definition) is 4. The molecule has 0 aliphatic carbocycles. The van der Waals surface area contributed by atoms with E-state index >= 15 is 0 Å². The molecule has 0 heterocycles. The van der Waals surface area contributed by atoms with E-state index in [2.05, 4.69) is 10.5 Å². The number of thioether (sulfide) groups is 1. The number of alkyl halides is 3. The third-order valence-electron chi connectivity index (χ3n) is 1.38. The molecule has 0 fully saturated rings. The van der Waals surface area contributed by atoms with E-state index in [-0.39, 0.29) is 29.9 Å². The summed E-state index contributed by atoms with van der Waals surface area (Å²) in [4.78, 5) is 0. The highest BCUT2D eigenvalue weighted by Crippen LogP contribution is 2.29. The maximum Gasteiger partial charge on any atom is 0.441 e. The van der Waals surface area contributed by atoms with Gasteiger partial charge in [0.2, 0.25) is 0 Å². The number of halogens is 3. The van der Waals surface area contributed by atoms with E-state index in [9.17, 15) is 13.2 Å². The summed E-state index contributed by atoms with van der Waals surface area (Å²) in [6.45, 7) is 1.73. The Balaban J connectivity index is 3.56. The second kappa shape index (κ2) is 5.97. The summed E-state index contributed by atoms with van der Waals surface area (Å²) in [6, 6.07) is -0.436. The minimum atomic E-state index is -4.21. The van der Waals surface area contributed by atoms with Crippen LogP contribution in [0.5, 0.6) is 0 Å². The number of oxime groups is 1. The summed E-state index contributed by atoms with van der Waals surface area (Å²) in [5.41, 5.74) is 0.986. The molecule has 0 rings (SSSR count). The normalized spacial score (nSPS) is 15.6. The van der Waals surface area contributed by atoms with Gasteiger partial charge in [0.25, 0.3) is 0 Å². The van der Waals surface area contributed by atoms with Crippen LogP contribution in [0.25, 0.3) is 0 Å². The molecule has 14 heavy (non-hydrogen) atoms. The summed E-state index contributed by atoms with van der Waals surface area (Å²) in [5.74, 6) is -0.158. The van der Waals surface area contributed by atoms with Gasteiger partial charge in [0.15, 0.2) is 5.84 Å². The van der Waals surface area contributed by atoms with E-state index in [1.165, 1.54) is 0 Å². The van der Waals surface area contributed by atoms with Crippen molar-refractivity contribution in [2.24, 2.45) is 10.9 Å². The largest absolute Gasteiger partial charge is 0.441 e. The highest BCUT2D eigenvalue weighted by Gasteiger charge is 2.27. The summed E-state index contributed by atoms with van der Waals surface area (Å²) in [5, 5.41) is 13.6. The van der Waals surface area contributed by atoms with Gasteiger partial charge < -0.3 is 16.3 Å². The molecule has 0 aromatic rings. The van der Waals surface area contributed by atoms with E-state index in [1.807, 2.05) is 0 Å². The standard InChI is InChI=1S/C6H12F3N3OS/c1-4(5(10)12-13)11-2-3-14-6(7,8)9/h4,11,13H,2-3H2,1H3,(H2,10,12). The van der Waals surface area contributed by atoms with Gasteiger partial charge in [-0.1, -0.05) is 5.16 Å². The van der Waals surface area contributed by atoms with Crippen molar-refractivity contribution in [3.05, 3.63) is 0 Å². The average Bonchev–Trinajstić information content (AvgIpc) is 2.09. The van der Waals surface area contributed by atoms with Crippen LogP contribution in [-0.4, -0.2) is 34.9 Å². The van der Waals surface area contributed by atoms with Crippen LogP contribution in [0.15, 0.2) is 5.16 Å². The van der Waals surface area contributed by atoms with Gasteiger partial charge in [-0.3, -0.25) is 0 Å².